The van der Waals surface area contributed by atoms with Crippen LogP contribution in [0.4, 0.5) is 0 Å². The second kappa shape index (κ2) is 3.94. The second-order valence-corrected chi connectivity index (χ2v) is 5.01. The van der Waals surface area contributed by atoms with Crippen molar-refractivity contribution in [3.8, 4) is 0 Å². The van der Waals surface area contributed by atoms with Gasteiger partial charge in [0, 0.05) is 0 Å². The van der Waals surface area contributed by atoms with E-state index >= 15 is 0 Å². The minimum Gasteiger partial charge on any atom is -0.468 e. The molecule has 0 N–H and O–H groups in total. The summed E-state index contributed by atoms with van der Waals surface area (Å²) in [5.41, 5.74) is 0.379. The minimum atomic E-state index is -0.511. The average molecular weight is 259 g/mol. The standard InChI is InChI=1S/C12H12Cl2O2/c1-7-6-12(7,11(15)16-2)8-3-4-9(13)10(14)5-8/h3-5,7H,6H2,1-2H3. The third-order valence-electron chi connectivity index (χ3n) is 3.29. The number of carbonyl (C=O) groups excluding carboxylic acids is 1. The highest BCUT2D eigenvalue weighted by Crippen LogP contribution is 2.55. The number of rotatable bonds is 2. The summed E-state index contributed by atoms with van der Waals surface area (Å²) in [6.07, 6.45) is 0.803. The maximum atomic E-state index is 11.8. The molecule has 2 rings (SSSR count). The molecule has 0 aromatic heterocycles. The first-order valence-electron chi connectivity index (χ1n) is 5.06. The van der Waals surface area contributed by atoms with Crippen molar-refractivity contribution in [1.29, 1.82) is 0 Å². The molecule has 1 aliphatic carbocycles. The Bertz CT molecular complexity index is 445. The number of hydrogen-bond acceptors (Lipinski definition) is 2. The SMILES string of the molecule is COC(=O)C1(c2ccc(Cl)c(Cl)c2)CC1C. The molecule has 1 aliphatic rings. The van der Waals surface area contributed by atoms with Crippen molar-refractivity contribution in [2.75, 3.05) is 7.11 Å². The van der Waals surface area contributed by atoms with Gasteiger partial charge in [0.2, 0.25) is 0 Å². The van der Waals surface area contributed by atoms with Crippen LogP contribution in [0.25, 0.3) is 0 Å². The van der Waals surface area contributed by atoms with Crippen molar-refractivity contribution in [3.63, 3.8) is 0 Å². The van der Waals surface area contributed by atoms with E-state index in [9.17, 15) is 4.79 Å². The molecule has 86 valence electrons. The molecule has 2 nitrogen and oxygen atoms in total. The van der Waals surface area contributed by atoms with Crippen LogP contribution in [-0.2, 0) is 14.9 Å². The molecule has 0 radical (unpaired) electrons. The van der Waals surface area contributed by atoms with Crippen LogP contribution < -0.4 is 0 Å². The Morgan fingerprint density at radius 2 is 2.06 bits per heavy atom. The van der Waals surface area contributed by atoms with E-state index in [1.807, 2.05) is 13.0 Å². The molecule has 0 saturated heterocycles. The molecule has 1 fully saturated rings. The van der Waals surface area contributed by atoms with Crippen molar-refractivity contribution in [1.82, 2.24) is 0 Å². The van der Waals surface area contributed by atoms with Gasteiger partial charge in [-0.1, -0.05) is 36.2 Å². The first kappa shape index (κ1) is 11.7. The second-order valence-electron chi connectivity index (χ2n) is 4.20. The summed E-state index contributed by atoms with van der Waals surface area (Å²) in [5.74, 6) is 0.0931. The Hall–Kier alpha value is -0.730. The van der Waals surface area contributed by atoms with Crippen LogP contribution in [0.3, 0.4) is 0 Å². The van der Waals surface area contributed by atoms with Gasteiger partial charge >= 0.3 is 5.97 Å². The van der Waals surface area contributed by atoms with Crippen molar-refractivity contribution in [3.05, 3.63) is 33.8 Å². The predicted molar refractivity (Wildman–Crippen MR) is 63.9 cm³/mol. The van der Waals surface area contributed by atoms with Gasteiger partial charge in [0.1, 0.15) is 0 Å². The fourth-order valence-electron chi connectivity index (χ4n) is 2.18. The smallest absolute Gasteiger partial charge is 0.316 e. The molecule has 0 bridgehead atoms. The summed E-state index contributed by atoms with van der Waals surface area (Å²) < 4.78 is 4.86. The molecule has 4 heteroatoms. The largest absolute Gasteiger partial charge is 0.468 e. The van der Waals surface area contributed by atoms with Crippen LogP contribution in [0.1, 0.15) is 18.9 Å². The lowest BCUT2D eigenvalue weighted by Crippen LogP contribution is -2.24. The van der Waals surface area contributed by atoms with Crippen LogP contribution in [0.2, 0.25) is 10.0 Å². The molecule has 1 aromatic rings. The number of hydrogen-bond donors (Lipinski definition) is 0. The third kappa shape index (κ3) is 1.61. The van der Waals surface area contributed by atoms with Gasteiger partial charge in [-0.25, -0.2) is 0 Å². The maximum absolute atomic E-state index is 11.8. The number of esters is 1. The summed E-state index contributed by atoms with van der Waals surface area (Å²) in [4.78, 5) is 11.8. The maximum Gasteiger partial charge on any atom is 0.316 e. The Labute approximate surface area is 104 Å². The number of benzene rings is 1. The topological polar surface area (TPSA) is 26.3 Å². The van der Waals surface area contributed by atoms with Crippen LogP contribution in [0.15, 0.2) is 18.2 Å². The summed E-state index contributed by atoms with van der Waals surface area (Å²) in [6, 6.07) is 5.31. The van der Waals surface area contributed by atoms with Gasteiger partial charge in [0.25, 0.3) is 0 Å². The molecule has 0 spiro atoms. The van der Waals surface area contributed by atoms with E-state index < -0.39 is 5.41 Å². The van der Waals surface area contributed by atoms with Gasteiger partial charge < -0.3 is 4.74 Å². The molecule has 2 atom stereocenters. The normalized spacial score (nSPS) is 27.6. The van der Waals surface area contributed by atoms with Crippen molar-refractivity contribution >= 4 is 29.2 Å². The van der Waals surface area contributed by atoms with Gasteiger partial charge in [0.05, 0.1) is 22.6 Å². The highest BCUT2D eigenvalue weighted by molar-refractivity contribution is 6.42. The Morgan fingerprint density at radius 3 is 2.50 bits per heavy atom. The van der Waals surface area contributed by atoms with E-state index in [0.29, 0.717) is 10.0 Å². The Morgan fingerprint density at radius 1 is 1.44 bits per heavy atom. The van der Waals surface area contributed by atoms with E-state index in [2.05, 4.69) is 0 Å². The molecule has 2 unspecified atom stereocenters. The van der Waals surface area contributed by atoms with Gasteiger partial charge in [-0.05, 0) is 30.0 Å². The van der Waals surface area contributed by atoms with E-state index in [1.165, 1.54) is 7.11 Å². The summed E-state index contributed by atoms with van der Waals surface area (Å²) in [5, 5.41) is 0.972. The quantitative estimate of drug-likeness (QED) is 0.760. The van der Waals surface area contributed by atoms with Crippen LogP contribution >= 0.6 is 23.2 Å². The number of halogens is 2. The molecular weight excluding hydrogens is 247 g/mol. The average Bonchev–Trinajstić information content (AvgIpc) is 2.94. The Kier molecular flexibility index (Phi) is 2.89. The van der Waals surface area contributed by atoms with E-state index in [4.69, 9.17) is 27.9 Å². The molecule has 0 aliphatic heterocycles. The fourth-order valence-corrected chi connectivity index (χ4v) is 2.48. The number of methoxy groups -OCH3 is 1. The zero-order chi connectivity index (χ0) is 11.9. The van der Waals surface area contributed by atoms with Crippen molar-refractivity contribution in [2.45, 2.75) is 18.8 Å². The molecule has 0 heterocycles. The highest BCUT2D eigenvalue weighted by Gasteiger charge is 2.59. The van der Waals surface area contributed by atoms with E-state index in [0.717, 1.165) is 12.0 Å². The zero-order valence-corrected chi connectivity index (χ0v) is 10.6. The number of ether oxygens (including phenoxy) is 1. The van der Waals surface area contributed by atoms with Gasteiger partial charge in [0.15, 0.2) is 0 Å². The fraction of sp³-hybridized carbons (Fsp3) is 0.417. The van der Waals surface area contributed by atoms with Crippen LogP contribution in [0, 0.1) is 5.92 Å². The van der Waals surface area contributed by atoms with Crippen molar-refractivity contribution in [2.24, 2.45) is 5.92 Å². The zero-order valence-electron chi connectivity index (χ0n) is 9.09. The number of carbonyl (C=O) groups is 1. The summed E-state index contributed by atoms with van der Waals surface area (Å²) in [6.45, 7) is 2.03. The monoisotopic (exact) mass is 258 g/mol. The van der Waals surface area contributed by atoms with Crippen LogP contribution in [0.5, 0.6) is 0 Å². The third-order valence-corrected chi connectivity index (χ3v) is 4.03. The summed E-state index contributed by atoms with van der Waals surface area (Å²) in [7, 11) is 1.41. The first-order valence-corrected chi connectivity index (χ1v) is 5.82. The van der Waals surface area contributed by atoms with E-state index in [1.54, 1.807) is 12.1 Å². The molecule has 16 heavy (non-hydrogen) atoms. The molecular formula is C12H12Cl2O2. The van der Waals surface area contributed by atoms with Gasteiger partial charge in [-0.15, -0.1) is 0 Å². The summed E-state index contributed by atoms with van der Waals surface area (Å²) >= 11 is 11.8. The van der Waals surface area contributed by atoms with Crippen LogP contribution in [-0.4, -0.2) is 13.1 Å². The minimum absolute atomic E-state index is 0.196. The molecule has 1 saturated carbocycles. The Balaban J connectivity index is 2.43. The molecule has 0 amide bonds. The van der Waals surface area contributed by atoms with E-state index in [-0.39, 0.29) is 11.9 Å². The highest BCUT2D eigenvalue weighted by atomic mass is 35.5. The lowest BCUT2D eigenvalue weighted by Gasteiger charge is -2.15. The lowest BCUT2D eigenvalue weighted by molar-refractivity contribution is -0.144. The lowest BCUT2D eigenvalue weighted by atomic mass is 9.94. The first-order chi connectivity index (χ1) is 7.52. The van der Waals surface area contributed by atoms with Crippen molar-refractivity contribution < 1.29 is 9.53 Å². The van der Waals surface area contributed by atoms with Gasteiger partial charge in [-0.3, -0.25) is 4.79 Å². The van der Waals surface area contributed by atoms with Gasteiger partial charge in [-0.2, -0.15) is 0 Å². The predicted octanol–water partition coefficient (Wildman–Crippen LogP) is 3.44. The molecule has 1 aromatic carbocycles.